The Morgan fingerprint density at radius 3 is 2.69 bits per heavy atom. The molecule has 16 heavy (non-hydrogen) atoms. The minimum atomic E-state index is -0.161. The van der Waals surface area contributed by atoms with Crippen LogP contribution in [0.5, 0.6) is 5.75 Å². The predicted molar refractivity (Wildman–Crippen MR) is 65.9 cm³/mol. The lowest BCUT2D eigenvalue weighted by Crippen LogP contribution is -2.12. The van der Waals surface area contributed by atoms with Crippen LogP contribution < -0.4 is 4.74 Å². The molecular formula is C12H16O3S. The van der Waals surface area contributed by atoms with Crippen LogP contribution in [0.3, 0.4) is 0 Å². The predicted octanol–water partition coefficient (Wildman–Crippen LogP) is 2.36. The van der Waals surface area contributed by atoms with Crippen molar-refractivity contribution in [2.45, 2.75) is 6.42 Å². The largest absolute Gasteiger partial charge is 0.490 e. The van der Waals surface area contributed by atoms with E-state index in [1.54, 1.807) is 11.8 Å². The van der Waals surface area contributed by atoms with Crippen LogP contribution in [0.2, 0.25) is 0 Å². The highest BCUT2D eigenvalue weighted by Gasteiger charge is 2.01. The lowest BCUT2D eigenvalue weighted by molar-refractivity contribution is -0.143. The molecule has 0 saturated carbocycles. The summed E-state index contributed by atoms with van der Waals surface area (Å²) >= 11 is 1.63. The molecule has 0 heterocycles. The molecule has 0 saturated heterocycles. The Kier molecular flexibility index (Phi) is 6.49. The van der Waals surface area contributed by atoms with E-state index in [2.05, 4.69) is 0 Å². The summed E-state index contributed by atoms with van der Waals surface area (Å²) in [6.07, 6.45) is 2.43. The summed E-state index contributed by atoms with van der Waals surface area (Å²) in [5.74, 6) is 1.44. The number of thioether (sulfide) groups is 1. The fourth-order valence-electron chi connectivity index (χ4n) is 1.09. The normalized spacial score (nSPS) is 9.81. The van der Waals surface area contributed by atoms with Gasteiger partial charge in [0.1, 0.15) is 19.0 Å². The first-order chi connectivity index (χ1) is 7.83. The maximum atomic E-state index is 11.1. The van der Waals surface area contributed by atoms with Crippen LogP contribution in [0, 0.1) is 0 Å². The van der Waals surface area contributed by atoms with Gasteiger partial charge in [-0.05, 0) is 18.4 Å². The van der Waals surface area contributed by atoms with Gasteiger partial charge in [0.15, 0.2) is 0 Å². The van der Waals surface area contributed by atoms with Crippen LogP contribution >= 0.6 is 11.8 Å². The van der Waals surface area contributed by atoms with E-state index in [0.717, 1.165) is 11.5 Å². The lowest BCUT2D eigenvalue weighted by Gasteiger charge is -2.06. The molecule has 1 rings (SSSR count). The minimum Gasteiger partial charge on any atom is -0.490 e. The van der Waals surface area contributed by atoms with Crippen molar-refractivity contribution in [3.8, 4) is 5.75 Å². The van der Waals surface area contributed by atoms with Crippen LogP contribution in [0.4, 0.5) is 0 Å². The summed E-state index contributed by atoms with van der Waals surface area (Å²) in [6, 6.07) is 9.47. The number of ether oxygens (including phenoxy) is 2. The summed E-state index contributed by atoms with van der Waals surface area (Å²) in [6.45, 7) is 0.705. The van der Waals surface area contributed by atoms with Gasteiger partial charge in [0.2, 0.25) is 0 Å². The molecule has 0 unspecified atom stereocenters. The molecule has 0 aliphatic carbocycles. The second-order valence-electron chi connectivity index (χ2n) is 3.12. The van der Waals surface area contributed by atoms with Crippen LogP contribution in [-0.2, 0) is 9.53 Å². The number of hydrogen-bond donors (Lipinski definition) is 0. The third-order valence-corrected chi connectivity index (χ3v) is 2.48. The zero-order chi connectivity index (χ0) is 11.6. The zero-order valence-electron chi connectivity index (χ0n) is 9.35. The van der Waals surface area contributed by atoms with Gasteiger partial charge in [0, 0.05) is 5.75 Å². The van der Waals surface area contributed by atoms with Crippen LogP contribution in [0.1, 0.15) is 6.42 Å². The molecule has 0 aliphatic heterocycles. The second-order valence-corrected chi connectivity index (χ2v) is 4.11. The summed E-state index contributed by atoms with van der Waals surface area (Å²) in [7, 11) is 0. The van der Waals surface area contributed by atoms with Gasteiger partial charge < -0.3 is 9.47 Å². The molecule has 0 radical (unpaired) electrons. The van der Waals surface area contributed by atoms with Crippen molar-refractivity contribution in [2.75, 3.05) is 25.2 Å². The van der Waals surface area contributed by atoms with Crippen molar-refractivity contribution in [3.63, 3.8) is 0 Å². The molecular weight excluding hydrogens is 224 g/mol. The lowest BCUT2D eigenvalue weighted by atomic mass is 10.3. The molecule has 4 heteroatoms. The van der Waals surface area contributed by atoms with E-state index in [0.29, 0.717) is 19.6 Å². The minimum absolute atomic E-state index is 0.161. The molecule has 3 nitrogen and oxygen atoms in total. The van der Waals surface area contributed by atoms with Gasteiger partial charge in [-0.2, -0.15) is 11.8 Å². The Morgan fingerprint density at radius 1 is 1.25 bits per heavy atom. The number of esters is 1. The fraction of sp³-hybridized carbons (Fsp3) is 0.417. The maximum Gasteiger partial charge on any atom is 0.306 e. The number of carbonyl (C=O) groups excluding carboxylic acids is 1. The number of hydrogen-bond acceptors (Lipinski definition) is 4. The Bertz CT molecular complexity index is 300. The smallest absolute Gasteiger partial charge is 0.306 e. The summed E-state index contributed by atoms with van der Waals surface area (Å²) in [5, 5.41) is 0. The van der Waals surface area contributed by atoms with Crippen LogP contribution in [0.15, 0.2) is 30.3 Å². The van der Waals surface area contributed by atoms with Crippen LogP contribution in [-0.4, -0.2) is 31.2 Å². The number of para-hydroxylation sites is 1. The van der Waals surface area contributed by atoms with E-state index in [9.17, 15) is 4.79 Å². The van der Waals surface area contributed by atoms with Crippen molar-refractivity contribution >= 4 is 17.7 Å². The highest BCUT2D eigenvalue weighted by molar-refractivity contribution is 7.98. The van der Waals surface area contributed by atoms with E-state index in [-0.39, 0.29) is 5.97 Å². The molecule has 1 aromatic rings. The first kappa shape index (κ1) is 12.9. The third kappa shape index (κ3) is 5.66. The third-order valence-electron chi connectivity index (χ3n) is 1.87. The van der Waals surface area contributed by atoms with Gasteiger partial charge in [-0.3, -0.25) is 4.79 Å². The average molecular weight is 240 g/mol. The van der Waals surface area contributed by atoms with E-state index in [1.807, 2.05) is 36.6 Å². The van der Waals surface area contributed by atoms with E-state index in [1.165, 1.54) is 0 Å². The van der Waals surface area contributed by atoms with Crippen LogP contribution in [0.25, 0.3) is 0 Å². The average Bonchev–Trinajstić information content (AvgIpc) is 2.33. The second kappa shape index (κ2) is 8.05. The van der Waals surface area contributed by atoms with Gasteiger partial charge >= 0.3 is 5.97 Å². The molecule has 0 atom stereocenters. The molecule has 0 N–H and O–H groups in total. The van der Waals surface area contributed by atoms with E-state index >= 15 is 0 Å². The van der Waals surface area contributed by atoms with Gasteiger partial charge in [0.05, 0.1) is 6.42 Å². The molecule has 0 spiro atoms. The zero-order valence-corrected chi connectivity index (χ0v) is 10.2. The maximum absolute atomic E-state index is 11.1. The fourth-order valence-corrected chi connectivity index (χ4v) is 1.46. The molecule has 0 fully saturated rings. The summed E-state index contributed by atoms with van der Waals surface area (Å²) < 4.78 is 10.4. The highest BCUT2D eigenvalue weighted by Crippen LogP contribution is 2.07. The molecule has 0 bridgehead atoms. The van der Waals surface area contributed by atoms with Crippen molar-refractivity contribution < 1.29 is 14.3 Å². The van der Waals surface area contributed by atoms with E-state index in [4.69, 9.17) is 9.47 Å². The van der Waals surface area contributed by atoms with Crippen molar-refractivity contribution in [2.24, 2.45) is 0 Å². The van der Waals surface area contributed by atoms with Crippen molar-refractivity contribution in [3.05, 3.63) is 30.3 Å². The number of carbonyl (C=O) groups is 1. The molecule has 0 aliphatic rings. The Hall–Kier alpha value is -1.16. The topological polar surface area (TPSA) is 35.5 Å². The van der Waals surface area contributed by atoms with Gasteiger partial charge in [0.25, 0.3) is 0 Å². The standard InChI is InChI=1S/C12H16O3S/c1-16-10-7-12(13)15-9-8-14-11-5-3-2-4-6-11/h2-6H,7-10H2,1H3. The number of benzene rings is 1. The SMILES string of the molecule is CSCCC(=O)OCCOc1ccccc1. The summed E-state index contributed by atoms with van der Waals surface area (Å²) in [5.41, 5.74) is 0. The summed E-state index contributed by atoms with van der Waals surface area (Å²) in [4.78, 5) is 11.1. The van der Waals surface area contributed by atoms with Gasteiger partial charge in [-0.25, -0.2) is 0 Å². The highest BCUT2D eigenvalue weighted by atomic mass is 32.2. The van der Waals surface area contributed by atoms with E-state index < -0.39 is 0 Å². The Balaban J connectivity index is 2.06. The van der Waals surface area contributed by atoms with Gasteiger partial charge in [-0.15, -0.1) is 0 Å². The molecule has 0 amide bonds. The monoisotopic (exact) mass is 240 g/mol. The Morgan fingerprint density at radius 2 is 2.00 bits per heavy atom. The molecule has 1 aromatic carbocycles. The number of rotatable bonds is 7. The first-order valence-electron chi connectivity index (χ1n) is 5.15. The molecule has 0 aromatic heterocycles. The van der Waals surface area contributed by atoms with Gasteiger partial charge in [-0.1, -0.05) is 18.2 Å². The van der Waals surface area contributed by atoms with Crippen molar-refractivity contribution in [1.29, 1.82) is 0 Å². The Labute approximate surface area is 100 Å². The first-order valence-corrected chi connectivity index (χ1v) is 6.54. The molecule has 88 valence electrons. The van der Waals surface area contributed by atoms with Crippen molar-refractivity contribution in [1.82, 2.24) is 0 Å². The quantitative estimate of drug-likeness (QED) is 0.541.